The maximum Gasteiger partial charge on any atom is 0.0807 e. The lowest BCUT2D eigenvalue weighted by atomic mass is 10.0. The van der Waals surface area contributed by atoms with Crippen LogP contribution in [-0.4, -0.2) is 42.2 Å². The fourth-order valence-electron chi connectivity index (χ4n) is 3.87. The second kappa shape index (κ2) is 6.80. The molecule has 2 fully saturated rings. The summed E-state index contributed by atoms with van der Waals surface area (Å²) in [6.45, 7) is 6.55. The number of aliphatic hydroxyl groups excluding tert-OH is 1. The molecule has 1 heterocycles. The number of para-hydroxylation sites is 1. The fourth-order valence-corrected chi connectivity index (χ4v) is 3.87. The Morgan fingerprint density at radius 2 is 1.76 bits per heavy atom. The summed E-state index contributed by atoms with van der Waals surface area (Å²) in [6, 6.07) is 9.20. The molecule has 0 radical (unpaired) electrons. The van der Waals surface area contributed by atoms with Crippen molar-refractivity contribution in [1.82, 2.24) is 4.90 Å². The molecule has 1 saturated heterocycles. The van der Waals surface area contributed by atoms with Crippen LogP contribution in [0.1, 0.15) is 50.7 Å². The predicted octanol–water partition coefficient (Wildman–Crippen LogP) is 3.19. The number of hydrogen-bond acceptors (Lipinski definition) is 3. The molecule has 0 aromatic heterocycles. The molecule has 0 bridgehead atoms. The lowest BCUT2D eigenvalue weighted by Crippen LogP contribution is -2.50. The number of hydrogen-bond donors (Lipinski definition) is 1. The van der Waals surface area contributed by atoms with Gasteiger partial charge in [-0.3, -0.25) is 4.90 Å². The quantitative estimate of drug-likeness (QED) is 0.921. The number of nitrogens with zero attached hydrogens (tertiary/aromatic N) is 2. The summed E-state index contributed by atoms with van der Waals surface area (Å²) in [4.78, 5) is 5.14. The van der Waals surface area contributed by atoms with Crippen LogP contribution in [0.5, 0.6) is 0 Å². The van der Waals surface area contributed by atoms with Gasteiger partial charge in [0.2, 0.25) is 0 Å². The van der Waals surface area contributed by atoms with Crippen molar-refractivity contribution in [2.24, 2.45) is 0 Å². The van der Waals surface area contributed by atoms with Crippen LogP contribution >= 0.6 is 0 Å². The van der Waals surface area contributed by atoms with E-state index in [4.69, 9.17) is 0 Å². The van der Waals surface area contributed by atoms with Gasteiger partial charge in [-0.1, -0.05) is 38.0 Å². The summed E-state index contributed by atoms with van der Waals surface area (Å²) in [5, 5.41) is 10.2. The highest BCUT2D eigenvalue weighted by Gasteiger charge is 2.27. The molecule has 21 heavy (non-hydrogen) atoms. The Balaban J connectivity index is 1.66. The number of anilines is 1. The van der Waals surface area contributed by atoms with E-state index in [2.05, 4.69) is 28.0 Å². The van der Waals surface area contributed by atoms with Crippen molar-refractivity contribution in [3.63, 3.8) is 0 Å². The lowest BCUT2D eigenvalue weighted by molar-refractivity contribution is 0.171. The van der Waals surface area contributed by atoms with Crippen LogP contribution in [0.4, 0.5) is 5.69 Å². The van der Waals surface area contributed by atoms with Crippen LogP contribution < -0.4 is 4.90 Å². The lowest BCUT2D eigenvalue weighted by Gasteiger charge is -2.40. The molecule has 1 atom stereocenters. The van der Waals surface area contributed by atoms with Gasteiger partial charge in [0.05, 0.1) is 6.10 Å². The first-order valence-electron chi connectivity index (χ1n) is 8.55. The van der Waals surface area contributed by atoms with E-state index in [0.29, 0.717) is 0 Å². The molecule has 116 valence electrons. The van der Waals surface area contributed by atoms with Gasteiger partial charge in [-0.05, 0) is 25.3 Å². The average molecular weight is 288 g/mol. The molecule has 1 aromatic carbocycles. The molecule has 0 amide bonds. The maximum atomic E-state index is 10.2. The molecule has 3 heteroatoms. The van der Waals surface area contributed by atoms with Gasteiger partial charge in [0.25, 0.3) is 0 Å². The maximum absolute atomic E-state index is 10.2. The minimum atomic E-state index is -0.339. The first-order chi connectivity index (χ1) is 10.3. The Kier molecular flexibility index (Phi) is 4.81. The first-order valence-corrected chi connectivity index (χ1v) is 8.55. The molecule has 3 rings (SSSR count). The second-order valence-electron chi connectivity index (χ2n) is 6.44. The Hall–Kier alpha value is -1.06. The summed E-state index contributed by atoms with van der Waals surface area (Å²) in [5.74, 6) is 0. The minimum absolute atomic E-state index is 0.339. The highest BCUT2D eigenvalue weighted by Crippen LogP contribution is 2.30. The minimum Gasteiger partial charge on any atom is -0.388 e. The number of rotatable bonds is 4. The zero-order valence-corrected chi connectivity index (χ0v) is 13.2. The van der Waals surface area contributed by atoms with Gasteiger partial charge in [-0.25, -0.2) is 0 Å². The molecule has 1 aromatic rings. The van der Waals surface area contributed by atoms with E-state index in [1.165, 1.54) is 44.5 Å². The third kappa shape index (κ3) is 3.24. The highest BCUT2D eigenvalue weighted by atomic mass is 16.3. The van der Waals surface area contributed by atoms with Crippen molar-refractivity contribution < 1.29 is 5.11 Å². The zero-order chi connectivity index (χ0) is 14.7. The van der Waals surface area contributed by atoms with Crippen molar-refractivity contribution in [1.29, 1.82) is 0 Å². The van der Waals surface area contributed by atoms with Gasteiger partial charge in [0, 0.05) is 43.5 Å². The van der Waals surface area contributed by atoms with Crippen LogP contribution in [0.2, 0.25) is 0 Å². The Morgan fingerprint density at radius 3 is 2.43 bits per heavy atom. The highest BCUT2D eigenvalue weighted by molar-refractivity contribution is 5.55. The van der Waals surface area contributed by atoms with E-state index in [9.17, 15) is 5.11 Å². The molecule has 1 N–H and O–H groups in total. The molecular weight excluding hydrogens is 260 g/mol. The number of aliphatic hydroxyl groups is 1. The SMILES string of the molecule is CC[C@@H](O)c1ccccc1N1CCN(C2CCCC2)CC1. The van der Waals surface area contributed by atoms with E-state index in [0.717, 1.165) is 31.1 Å². The summed E-state index contributed by atoms with van der Waals surface area (Å²) < 4.78 is 0. The summed E-state index contributed by atoms with van der Waals surface area (Å²) in [5.41, 5.74) is 2.33. The van der Waals surface area contributed by atoms with Crippen molar-refractivity contribution in [3.05, 3.63) is 29.8 Å². The van der Waals surface area contributed by atoms with Gasteiger partial charge >= 0.3 is 0 Å². The van der Waals surface area contributed by atoms with E-state index in [1.807, 2.05) is 13.0 Å². The molecule has 0 unspecified atom stereocenters. The topological polar surface area (TPSA) is 26.7 Å². The van der Waals surface area contributed by atoms with Crippen molar-refractivity contribution in [2.45, 2.75) is 51.2 Å². The summed E-state index contributed by atoms with van der Waals surface area (Å²) in [6.07, 6.45) is 6.05. The van der Waals surface area contributed by atoms with Crippen LogP contribution in [0, 0.1) is 0 Å². The van der Waals surface area contributed by atoms with E-state index in [1.54, 1.807) is 0 Å². The Morgan fingerprint density at radius 1 is 1.10 bits per heavy atom. The Labute approximate surface area is 128 Å². The molecule has 0 spiro atoms. The van der Waals surface area contributed by atoms with Crippen LogP contribution in [0.3, 0.4) is 0 Å². The van der Waals surface area contributed by atoms with Crippen molar-refractivity contribution in [2.75, 3.05) is 31.1 Å². The monoisotopic (exact) mass is 288 g/mol. The Bertz CT molecular complexity index is 448. The van der Waals surface area contributed by atoms with E-state index >= 15 is 0 Å². The average Bonchev–Trinajstić information content (AvgIpc) is 3.09. The van der Waals surface area contributed by atoms with Gasteiger partial charge < -0.3 is 10.0 Å². The predicted molar refractivity (Wildman–Crippen MR) is 87.7 cm³/mol. The third-order valence-electron chi connectivity index (χ3n) is 5.18. The van der Waals surface area contributed by atoms with E-state index in [-0.39, 0.29) is 6.10 Å². The van der Waals surface area contributed by atoms with Crippen LogP contribution in [0.25, 0.3) is 0 Å². The van der Waals surface area contributed by atoms with Crippen LogP contribution in [-0.2, 0) is 0 Å². The smallest absolute Gasteiger partial charge is 0.0807 e. The molecular formula is C18H28N2O. The van der Waals surface area contributed by atoms with Gasteiger partial charge in [-0.2, -0.15) is 0 Å². The molecule has 3 nitrogen and oxygen atoms in total. The number of benzene rings is 1. The third-order valence-corrected chi connectivity index (χ3v) is 5.18. The van der Waals surface area contributed by atoms with Gasteiger partial charge in [0.1, 0.15) is 0 Å². The molecule has 2 aliphatic rings. The second-order valence-corrected chi connectivity index (χ2v) is 6.44. The van der Waals surface area contributed by atoms with Crippen LogP contribution in [0.15, 0.2) is 24.3 Å². The first kappa shape index (κ1) is 14.9. The van der Waals surface area contributed by atoms with Gasteiger partial charge in [0.15, 0.2) is 0 Å². The van der Waals surface area contributed by atoms with Crippen molar-refractivity contribution in [3.8, 4) is 0 Å². The zero-order valence-electron chi connectivity index (χ0n) is 13.2. The number of piperazine rings is 1. The molecule has 1 saturated carbocycles. The standard InChI is InChI=1S/C18H28N2O/c1-2-18(21)16-9-5-6-10-17(16)20-13-11-19(12-14-20)15-7-3-4-8-15/h5-6,9-10,15,18,21H,2-4,7-8,11-14H2,1H3/t18-/m1/s1. The molecule has 1 aliphatic carbocycles. The molecule has 1 aliphatic heterocycles. The van der Waals surface area contributed by atoms with E-state index < -0.39 is 0 Å². The largest absolute Gasteiger partial charge is 0.388 e. The fraction of sp³-hybridized carbons (Fsp3) is 0.667. The van der Waals surface area contributed by atoms with Crippen molar-refractivity contribution >= 4 is 5.69 Å². The summed E-state index contributed by atoms with van der Waals surface area (Å²) in [7, 11) is 0. The normalized spacial score (nSPS) is 22.7. The van der Waals surface area contributed by atoms with Gasteiger partial charge in [-0.15, -0.1) is 0 Å². The summed E-state index contributed by atoms with van der Waals surface area (Å²) >= 11 is 0.